The quantitative estimate of drug-likeness (QED) is 0.611. The summed E-state index contributed by atoms with van der Waals surface area (Å²) in [5.74, 6) is 1.26. The highest BCUT2D eigenvalue weighted by molar-refractivity contribution is 8.00. The Labute approximate surface area is 131 Å². The molecule has 1 atom stereocenters. The van der Waals surface area contributed by atoms with Gasteiger partial charge in [-0.1, -0.05) is 51.9 Å². The van der Waals surface area contributed by atoms with Gasteiger partial charge in [0.15, 0.2) is 0 Å². The molecule has 1 rings (SSSR count). The third-order valence-electron chi connectivity index (χ3n) is 4.38. The number of hydrogen-bond donors (Lipinski definition) is 1. The minimum absolute atomic E-state index is 0.409. The second-order valence-corrected chi connectivity index (χ2v) is 8.68. The smallest absolute Gasteiger partial charge is 0.0231 e. The highest BCUT2D eigenvalue weighted by atomic mass is 32.2. The predicted octanol–water partition coefficient (Wildman–Crippen LogP) is 4.28. The molecule has 1 fully saturated rings. The summed E-state index contributed by atoms with van der Waals surface area (Å²) in [6, 6.07) is 0.616. The van der Waals surface area contributed by atoms with E-state index in [1.807, 2.05) is 0 Å². The van der Waals surface area contributed by atoms with Gasteiger partial charge in [0.05, 0.1) is 0 Å². The first-order chi connectivity index (χ1) is 9.59. The minimum atomic E-state index is 0.409. The van der Waals surface area contributed by atoms with Gasteiger partial charge < -0.3 is 5.73 Å². The molecule has 0 bridgehead atoms. The Morgan fingerprint density at radius 3 is 2.35 bits per heavy atom. The van der Waals surface area contributed by atoms with Crippen LogP contribution in [0.15, 0.2) is 0 Å². The largest absolute Gasteiger partial charge is 0.329 e. The zero-order valence-electron chi connectivity index (χ0n) is 14.0. The number of nitrogens with two attached hydrogens (primary N) is 1. The summed E-state index contributed by atoms with van der Waals surface area (Å²) in [6.45, 7) is 10.3. The van der Waals surface area contributed by atoms with Crippen LogP contribution in [0.1, 0.15) is 72.1 Å². The fourth-order valence-corrected chi connectivity index (χ4v) is 4.29. The molecule has 120 valence electrons. The Morgan fingerprint density at radius 1 is 1.10 bits per heavy atom. The van der Waals surface area contributed by atoms with Gasteiger partial charge in [0.1, 0.15) is 0 Å². The number of thioether (sulfide) groups is 1. The van der Waals surface area contributed by atoms with Gasteiger partial charge in [0.2, 0.25) is 0 Å². The van der Waals surface area contributed by atoms with Gasteiger partial charge in [-0.05, 0) is 20.3 Å². The lowest BCUT2D eigenvalue weighted by molar-refractivity contribution is 0.179. The van der Waals surface area contributed by atoms with E-state index in [1.165, 1.54) is 70.2 Å². The normalized spacial score (nSPS) is 21.0. The van der Waals surface area contributed by atoms with Crippen molar-refractivity contribution in [3.8, 4) is 0 Å². The topological polar surface area (TPSA) is 29.3 Å². The molecule has 1 aliphatic rings. The Hall–Kier alpha value is 0.270. The highest BCUT2D eigenvalue weighted by Gasteiger charge is 2.30. The van der Waals surface area contributed by atoms with Crippen LogP contribution in [-0.4, -0.2) is 41.1 Å². The summed E-state index contributed by atoms with van der Waals surface area (Å²) in [6.07, 6.45) is 11.1. The zero-order chi connectivity index (χ0) is 14.8. The SMILES string of the molecule is CCCCCCCCCC(CN)N1CCSC(C)(C)C1. The van der Waals surface area contributed by atoms with E-state index in [1.54, 1.807) is 0 Å². The van der Waals surface area contributed by atoms with Crippen molar-refractivity contribution in [2.75, 3.05) is 25.4 Å². The van der Waals surface area contributed by atoms with Gasteiger partial charge in [0, 0.05) is 36.2 Å². The average molecular weight is 301 g/mol. The number of rotatable bonds is 10. The van der Waals surface area contributed by atoms with Crippen LogP contribution in [0.2, 0.25) is 0 Å². The van der Waals surface area contributed by atoms with Crippen molar-refractivity contribution in [1.29, 1.82) is 0 Å². The molecule has 20 heavy (non-hydrogen) atoms. The Kier molecular flexibility index (Phi) is 9.23. The van der Waals surface area contributed by atoms with Crippen molar-refractivity contribution >= 4 is 11.8 Å². The summed E-state index contributed by atoms with van der Waals surface area (Å²) in [7, 11) is 0. The maximum absolute atomic E-state index is 6.02. The van der Waals surface area contributed by atoms with Crippen LogP contribution in [-0.2, 0) is 0 Å². The average Bonchev–Trinajstić information content (AvgIpc) is 2.41. The van der Waals surface area contributed by atoms with E-state index in [9.17, 15) is 0 Å². The van der Waals surface area contributed by atoms with E-state index in [0.717, 1.165) is 6.54 Å². The van der Waals surface area contributed by atoms with Crippen LogP contribution < -0.4 is 5.73 Å². The van der Waals surface area contributed by atoms with Crippen LogP contribution in [0.25, 0.3) is 0 Å². The molecule has 1 saturated heterocycles. The lowest BCUT2D eigenvalue weighted by atomic mass is 10.0. The van der Waals surface area contributed by atoms with Crippen molar-refractivity contribution in [1.82, 2.24) is 4.90 Å². The maximum Gasteiger partial charge on any atom is 0.0231 e. The van der Waals surface area contributed by atoms with E-state index in [4.69, 9.17) is 5.73 Å². The van der Waals surface area contributed by atoms with Crippen LogP contribution in [0.4, 0.5) is 0 Å². The first kappa shape index (κ1) is 18.3. The summed E-state index contributed by atoms with van der Waals surface area (Å²) in [5, 5.41) is 0. The first-order valence-electron chi connectivity index (χ1n) is 8.67. The van der Waals surface area contributed by atoms with Crippen LogP contribution in [0.5, 0.6) is 0 Å². The minimum Gasteiger partial charge on any atom is -0.329 e. The van der Waals surface area contributed by atoms with E-state index in [2.05, 4.69) is 37.4 Å². The molecule has 0 aromatic rings. The Morgan fingerprint density at radius 2 is 1.75 bits per heavy atom. The number of hydrogen-bond acceptors (Lipinski definition) is 3. The van der Waals surface area contributed by atoms with E-state index >= 15 is 0 Å². The molecule has 1 unspecified atom stereocenters. The van der Waals surface area contributed by atoms with Gasteiger partial charge >= 0.3 is 0 Å². The van der Waals surface area contributed by atoms with Crippen molar-refractivity contribution in [2.24, 2.45) is 5.73 Å². The molecule has 0 aromatic heterocycles. The third kappa shape index (κ3) is 7.33. The van der Waals surface area contributed by atoms with Gasteiger partial charge in [-0.3, -0.25) is 4.90 Å². The molecule has 2 N–H and O–H groups in total. The fraction of sp³-hybridized carbons (Fsp3) is 1.00. The van der Waals surface area contributed by atoms with Crippen molar-refractivity contribution < 1.29 is 0 Å². The third-order valence-corrected chi connectivity index (χ3v) is 5.68. The van der Waals surface area contributed by atoms with E-state index in [-0.39, 0.29) is 0 Å². The van der Waals surface area contributed by atoms with Crippen LogP contribution in [0, 0.1) is 0 Å². The molecule has 0 spiro atoms. The maximum atomic E-state index is 6.02. The van der Waals surface area contributed by atoms with Crippen LogP contribution >= 0.6 is 11.8 Å². The summed E-state index contributed by atoms with van der Waals surface area (Å²) in [5.41, 5.74) is 6.02. The molecular weight excluding hydrogens is 264 g/mol. The predicted molar refractivity (Wildman–Crippen MR) is 93.6 cm³/mol. The Bertz CT molecular complexity index is 243. The van der Waals surface area contributed by atoms with Crippen molar-refractivity contribution in [3.63, 3.8) is 0 Å². The molecule has 0 aliphatic carbocycles. The summed E-state index contributed by atoms with van der Waals surface area (Å²) < 4.78 is 0.409. The summed E-state index contributed by atoms with van der Waals surface area (Å²) >= 11 is 2.11. The first-order valence-corrected chi connectivity index (χ1v) is 9.65. The molecule has 0 aromatic carbocycles. The van der Waals surface area contributed by atoms with E-state index in [0.29, 0.717) is 10.8 Å². The van der Waals surface area contributed by atoms with E-state index < -0.39 is 0 Å². The standard InChI is InChI=1S/C17H36N2S/c1-4-5-6-7-8-9-10-11-16(14-18)19-12-13-20-17(2,3)15-19/h16H,4-15,18H2,1-3H3. The van der Waals surface area contributed by atoms with Gasteiger partial charge in [-0.15, -0.1) is 0 Å². The molecule has 2 nitrogen and oxygen atoms in total. The second kappa shape index (κ2) is 10.1. The van der Waals surface area contributed by atoms with Crippen molar-refractivity contribution in [2.45, 2.75) is 82.9 Å². The van der Waals surface area contributed by atoms with Gasteiger partial charge in [-0.25, -0.2) is 0 Å². The molecule has 1 aliphatic heterocycles. The monoisotopic (exact) mass is 300 g/mol. The fourth-order valence-electron chi connectivity index (χ4n) is 3.15. The molecular formula is C17H36N2S. The highest BCUT2D eigenvalue weighted by Crippen LogP contribution is 2.31. The lowest BCUT2D eigenvalue weighted by Gasteiger charge is -2.41. The lowest BCUT2D eigenvalue weighted by Crippen LogP contribution is -2.50. The summed E-state index contributed by atoms with van der Waals surface area (Å²) in [4.78, 5) is 2.65. The molecule has 0 saturated carbocycles. The molecule has 0 amide bonds. The molecule has 3 heteroatoms. The molecule has 0 radical (unpaired) electrons. The van der Waals surface area contributed by atoms with Crippen LogP contribution in [0.3, 0.4) is 0 Å². The second-order valence-electron chi connectivity index (χ2n) is 6.88. The number of nitrogens with zero attached hydrogens (tertiary/aromatic N) is 1. The van der Waals surface area contributed by atoms with Gasteiger partial charge in [0.25, 0.3) is 0 Å². The zero-order valence-corrected chi connectivity index (χ0v) is 14.8. The molecule has 1 heterocycles. The van der Waals surface area contributed by atoms with Crippen molar-refractivity contribution in [3.05, 3.63) is 0 Å². The number of unbranched alkanes of at least 4 members (excludes halogenated alkanes) is 6. The van der Waals surface area contributed by atoms with Gasteiger partial charge in [-0.2, -0.15) is 11.8 Å². The Balaban J connectivity index is 2.16.